The van der Waals surface area contributed by atoms with Crippen LogP contribution in [0.15, 0.2) is 108 Å². The third kappa shape index (κ3) is 4.36. The largest absolute Gasteiger partial charge is 0.497 e. The van der Waals surface area contributed by atoms with Crippen LogP contribution in [0, 0.1) is 6.92 Å². The molecular weight excluding hydrogens is 470 g/mol. The van der Waals surface area contributed by atoms with Crippen molar-refractivity contribution in [3.8, 4) is 11.5 Å². The third-order valence-electron chi connectivity index (χ3n) is 6.48. The Morgan fingerprint density at radius 3 is 2.03 bits per heavy atom. The van der Waals surface area contributed by atoms with Crippen LogP contribution in [-0.4, -0.2) is 22.6 Å². The summed E-state index contributed by atoms with van der Waals surface area (Å²) in [5.41, 5.74) is 6.24. The maximum Gasteiger partial charge on any atom is 0.261 e. The first-order valence-electron chi connectivity index (χ1n) is 11.6. The first kappa shape index (κ1) is 23.7. The highest BCUT2D eigenvalue weighted by atomic mass is 32.2. The molecule has 6 heteroatoms. The lowest BCUT2D eigenvalue weighted by atomic mass is 9.91. The summed E-state index contributed by atoms with van der Waals surface area (Å²) in [5, 5.41) is 0. The van der Waals surface area contributed by atoms with Crippen LogP contribution in [0.1, 0.15) is 33.7 Å². The van der Waals surface area contributed by atoms with Crippen LogP contribution in [-0.2, 0) is 10.0 Å². The fraction of sp³-hybridized carbons (Fsp3) is 0.133. The average Bonchev–Trinajstić information content (AvgIpc) is 3.21. The van der Waals surface area contributed by atoms with E-state index in [1.54, 1.807) is 38.5 Å². The van der Waals surface area contributed by atoms with E-state index in [-0.39, 0.29) is 10.8 Å². The molecule has 0 amide bonds. The molecule has 0 heterocycles. The summed E-state index contributed by atoms with van der Waals surface area (Å²) in [4.78, 5) is 0.218. The molecule has 182 valence electrons. The smallest absolute Gasteiger partial charge is 0.261 e. The molecule has 0 aliphatic heterocycles. The second kappa shape index (κ2) is 9.55. The van der Waals surface area contributed by atoms with Gasteiger partial charge in [0.05, 0.1) is 25.0 Å². The van der Waals surface area contributed by atoms with Crippen molar-refractivity contribution in [1.82, 2.24) is 4.72 Å². The second-order valence-electron chi connectivity index (χ2n) is 8.73. The molecule has 5 nitrogen and oxygen atoms in total. The fourth-order valence-corrected chi connectivity index (χ4v) is 5.79. The van der Waals surface area contributed by atoms with E-state index < -0.39 is 10.0 Å². The Morgan fingerprint density at radius 2 is 1.39 bits per heavy atom. The van der Waals surface area contributed by atoms with Gasteiger partial charge < -0.3 is 9.47 Å². The van der Waals surface area contributed by atoms with Crippen LogP contribution >= 0.6 is 0 Å². The normalized spacial score (nSPS) is 14.9. The summed E-state index contributed by atoms with van der Waals surface area (Å²) in [6, 6.07) is 30.4. The molecule has 1 atom stereocenters. The molecule has 0 spiro atoms. The van der Waals surface area contributed by atoms with E-state index in [2.05, 4.69) is 4.72 Å². The molecule has 1 aliphatic rings. The van der Waals surface area contributed by atoms with Crippen LogP contribution in [0.3, 0.4) is 0 Å². The number of benzene rings is 4. The summed E-state index contributed by atoms with van der Waals surface area (Å²) in [7, 11) is -0.597. The number of hydrogen-bond acceptors (Lipinski definition) is 4. The van der Waals surface area contributed by atoms with Gasteiger partial charge in [-0.15, -0.1) is 0 Å². The van der Waals surface area contributed by atoms with Gasteiger partial charge in [0.2, 0.25) is 0 Å². The number of ether oxygens (including phenoxy) is 2. The van der Waals surface area contributed by atoms with Crippen molar-refractivity contribution in [2.45, 2.75) is 17.7 Å². The van der Waals surface area contributed by atoms with E-state index in [1.165, 1.54) is 0 Å². The number of aryl methyl sites for hydroxylation is 1. The Kier molecular flexibility index (Phi) is 6.29. The van der Waals surface area contributed by atoms with Gasteiger partial charge in [-0.05, 0) is 65.6 Å². The molecule has 1 aliphatic carbocycles. The van der Waals surface area contributed by atoms with Crippen LogP contribution in [0.25, 0.3) is 5.57 Å². The van der Waals surface area contributed by atoms with Gasteiger partial charge >= 0.3 is 0 Å². The monoisotopic (exact) mass is 497 g/mol. The number of nitrogens with one attached hydrogen (secondary N) is 1. The van der Waals surface area contributed by atoms with Crippen LogP contribution in [0.2, 0.25) is 0 Å². The maximum atomic E-state index is 13.6. The van der Waals surface area contributed by atoms with Crippen LogP contribution in [0.5, 0.6) is 11.5 Å². The topological polar surface area (TPSA) is 64.6 Å². The molecule has 0 unspecified atom stereocenters. The number of methoxy groups -OCH3 is 2. The van der Waals surface area contributed by atoms with Gasteiger partial charge in [-0.1, -0.05) is 66.2 Å². The van der Waals surface area contributed by atoms with E-state index in [1.807, 2.05) is 79.7 Å². The minimum Gasteiger partial charge on any atom is -0.497 e. The zero-order valence-corrected chi connectivity index (χ0v) is 21.2. The highest BCUT2D eigenvalue weighted by Crippen LogP contribution is 2.48. The Bertz CT molecular complexity index is 1520. The zero-order valence-electron chi connectivity index (χ0n) is 20.4. The van der Waals surface area contributed by atoms with Gasteiger partial charge in [0, 0.05) is 11.3 Å². The number of sulfonamides is 1. The average molecular weight is 498 g/mol. The molecule has 36 heavy (non-hydrogen) atoms. The van der Waals surface area contributed by atoms with Crippen LogP contribution in [0.4, 0.5) is 0 Å². The van der Waals surface area contributed by atoms with Gasteiger partial charge in [-0.25, -0.2) is 8.42 Å². The number of hydrogen-bond donors (Lipinski definition) is 1. The van der Waals surface area contributed by atoms with E-state index in [0.717, 1.165) is 39.1 Å². The van der Waals surface area contributed by atoms with E-state index in [4.69, 9.17) is 9.47 Å². The predicted octanol–water partition coefficient (Wildman–Crippen LogP) is 5.90. The molecule has 0 bridgehead atoms. The summed E-state index contributed by atoms with van der Waals surface area (Å²) >= 11 is 0. The Labute approximate surface area is 212 Å². The summed E-state index contributed by atoms with van der Waals surface area (Å²) in [6.07, 6.45) is 0. The molecule has 1 N–H and O–H groups in total. The van der Waals surface area contributed by atoms with Crippen molar-refractivity contribution in [3.63, 3.8) is 0 Å². The van der Waals surface area contributed by atoms with E-state index in [9.17, 15) is 8.42 Å². The number of allylic oxidation sites excluding steroid dienone is 1. The van der Waals surface area contributed by atoms with Gasteiger partial charge in [0.25, 0.3) is 10.0 Å². The Hall–Kier alpha value is -4.03. The molecule has 0 saturated heterocycles. The first-order chi connectivity index (χ1) is 17.4. The molecule has 4 aromatic carbocycles. The van der Waals surface area contributed by atoms with E-state index in [0.29, 0.717) is 11.4 Å². The fourth-order valence-electron chi connectivity index (χ4n) is 4.67. The quantitative estimate of drug-likeness (QED) is 0.346. The summed E-state index contributed by atoms with van der Waals surface area (Å²) in [6.45, 7) is 1.93. The van der Waals surface area contributed by atoms with Crippen molar-refractivity contribution < 1.29 is 17.9 Å². The maximum absolute atomic E-state index is 13.6. The van der Waals surface area contributed by atoms with Gasteiger partial charge in [0.15, 0.2) is 0 Å². The lowest BCUT2D eigenvalue weighted by Gasteiger charge is -2.20. The molecule has 0 saturated carbocycles. The molecular formula is C30H27NO4S. The summed E-state index contributed by atoms with van der Waals surface area (Å²) < 4.78 is 41.1. The van der Waals surface area contributed by atoms with Gasteiger partial charge in [-0.3, -0.25) is 4.72 Å². The third-order valence-corrected chi connectivity index (χ3v) is 7.87. The Morgan fingerprint density at radius 1 is 0.750 bits per heavy atom. The van der Waals surface area contributed by atoms with Gasteiger partial charge in [-0.2, -0.15) is 0 Å². The van der Waals surface area contributed by atoms with Crippen molar-refractivity contribution in [1.29, 1.82) is 0 Å². The SMILES string of the molecule is COc1ccc(C2=C(NS(=O)(=O)c3ccc(C)cc3)[C@H](c3ccccc3)c3cc(OC)ccc32)cc1. The minimum atomic E-state index is -3.85. The second-order valence-corrected chi connectivity index (χ2v) is 10.4. The van der Waals surface area contributed by atoms with E-state index >= 15 is 0 Å². The lowest BCUT2D eigenvalue weighted by Crippen LogP contribution is -2.26. The molecule has 0 fully saturated rings. The molecule has 4 aromatic rings. The first-order valence-corrected chi connectivity index (χ1v) is 13.1. The van der Waals surface area contributed by atoms with Crippen molar-refractivity contribution in [2.24, 2.45) is 0 Å². The molecule has 5 rings (SSSR count). The minimum absolute atomic E-state index is 0.218. The molecule has 0 radical (unpaired) electrons. The standard InChI is InChI=1S/C30H27NO4S/c1-20-9-16-25(17-10-20)36(32,33)31-30-28(22-11-13-23(34-2)14-12-22)26-18-15-24(35-3)19-27(26)29(30)21-7-5-4-6-8-21/h4-19,29,31H,1-3H3/t29-/m1/s1. The molecule has 0 aromatic heterocycles. The van der Waals surface area contributed by atoms with Crippen LogP contribution < -0.4 is 14.2 Å². The highest BCUT2D eigenvalue weighted by molar-refractivity contribution is 7.89. The lowest BCUT2D eigenvalue weighted by molar-refractivity contribution is 0.414. The van der Waals surface area contributed by atoms with Crippen molar-refractivity contribution >= 4 is 15.6 Å². The zero-order chi connectivity index (χ0) is 25.3. The van der Waals surface area contributed by atoms with Crippen molar-refractivity contribution in [3.05, 3.63) is 131 Å². The Balaban J connectivity index is 1.75. The van der Waals surface area contributed by atoms with Gasteiger partial charge in [0.1, 0.15) is 11.5 Å². The van der Waals surface area contributed by atoms with Crippen molar-refractivity contribution in [2.75, 3.05) is 14.2 Å². The number of rotatable bonds is 7. The predicted molar refractivity (Wildman–Crippen MR) is 142 cm³/mol. The highest BCUT2D eigenvalue weighted by Gasteiger charge is 2.36. The summed E-state index contributed by atoms with van der Waals surface area (Å²) in [5.74, 6) is 1.12. The number of fused-ring (bicyclic) bond motifs is 1.